The normalized spacial score (nSPS) is 15.2. The molecule has 0 aromatic carbocycles. The fourth-order valence-electron chi connectivity index (χ4n) is 1.31. The molecule has 0 saturated heterocycles. The van der Waals surface area contributed by atoms with Crippen LogP contribution in [-0.4, -0.2) is 5.84 Å². The number of nitrogens with two attached hydrogens (primary N) is 1. The Hall–Kier alpha value is -1.57. The van der Waals surface area contributed by atoms with E-state index in [4.69, 9.17) is 5.73 Å². The van der Waals surface area contributed by atoms with Crippen molar-refractivity contribution in [2.75, 3.05) is 0 Å². The van der Waals surface area contributed by atoms with Gasteiger partial charge in [0.15, 0.2) is 0 Å². The fourth-order valence-corrected chi connectivity index (χ4v) is 1.31. The van der Waals surface area contributed by atoms with Gasteiger partial charge in [-0.3, -0.25) is 0 Å². The van der Waals surface area contributed by atoms with Crippen molar-refractivity contribution >= 4 is 5.84 Å². The van der Waals surface area contributed by atoms with Crippen molar-refractivity contribution in [2.45, 2.75) is 40.5 Å². The van der Waals surface area contributed by atoms with Crippen LogP contribution in [0.15, 0.2) is 52.7 Å². The first kappa shape index (κ1) is 15.4. The van der Waals surface area contributed by atoms with Crippen molar-refractivity contribution in [1.82, 2.24) is 0 Å². The molecule has 0 heterocycles. The van der Waals surface area contributed by atoms with Gasteiger partial charge in [0.1, 0.15) is 0 Å². The van der Waals surface area contributed by atoms with E-state index in [9.17, 15) is 0 Å². The van der Waals surface area contributed by atoms with Crippen LogP contribution in [0.3, 0.4) is 0 Å². The Bertz CT molecular complexity index is 355. The average Bonchev–Trinajstić information content (AvgIpc) is 2.33. The topological polar surface area (TPSA) is 38.4 Å². The second-order valence-electron chi connectivity index (χ2n) is 3.64. The van der Waals surface area contributed by atoms with E-state index in [1.54, 1.807) is 0 Å². The van der Waals surface area contributed by atoms with E-state index in [1.165, 1.54) is 5.57 Å². The first-order valence-electron chi connectivity index (χ1n) is 6.12. The first-order chi connectivity index (χ1) is 8.19. The van der Waals surface area contributed by atoms with Crippen LogP contribution in [0.5, 0.6) is 0 Å². The molecular weight excluding hydrogens is 208 g/mol. The molecule has 17 heavy (non-hydrogen) atoms. The molecule has 0 aromatic heterocycles. The zero-order chi connectivity index (χ0) is 13.1. The summed E-state index contributed by atoms with van der Waals surface area (Å²) in [5, 5.41) is 0. The number of amidine groups is 1. The second-order valence-corrected chi connectivity index (χ2v) is 3.64. The zero-order valence-corrected chi connectivity index (χ0v) is 11.4. The van der Waals surface area contributed by atoms with Crippen LogP contribution in [0.25, 0.3) is 0 Å². The minimum atomic E-state index is 0.667. The lowest BCUT2D eigenvalue weighted by molar-refractivity contribution is 1.16. The predicted molar refractivity (Wildman–Crippen MR) is 78.0 cm³/mol. The lowest BCUT2D eigenvalue weighted by Gasteiger charge is -2.04. The van der Waals surface area contributed by atoms with Crippen LogP contribution in [-0.2, 0) is 0 Å². The Balaban J connectivity index is 5.40. The lowest BCUT2D eigenvalue weighted by atomic mass is 10.1. The fraction of sp³-hybridized carbons (Fsp3) is 0.400. The maximum atomic E-state index is 5.81. The zero-order valence-electron chi connectivity index (χ0n) is 11.4. The first-order valence-corrected chi connectivity index (χ1v) is 6.12. The summed E-state index contributed by atoms with van der Waals surface area (Å²) in [5.41, 5.74) is 7.93. The highest BCUT2D eigenvalue weighted by atomic mass is 14.9. The molecule has 0 radical (unpaired) electrons. The van der Waals surface area contributed by atoms with Crippen molar-refractivity contribution in [1.29, 1.82) is 0 Å². The molecule has 2 N–H and O–H groups in total. The van der Waals surface area contributed by atoms with Crippen molar-refractivity contribution in [2.24, 2.45) is 10.7 Å². The maximum absolute atomic E-state index is 5.81. The predicted octanol–water partition coefficient (Wildman–Crippen LogP) is 4.13. The molecule has 0 fully saturated rings. The number of aliphatic imine (C=N–C) groups is 1. The van der Waals surface area contributed by atoms with E-state index in [0.29, 0.717) is 5.84 Å². The van der Waals surface area contributed by atoms with Crippen molar-refractivity contribution in [3.05, 3.63) is 47.7 Å². The van der Waals surface area contributed by atoms with Crippen LogP contribution in [0.4, 0.5) is 0 Å². The van der Waals surface area contributed by atoms with E-state index < -0.39 is 0 Å². The van der Waals surface area contributed by atoms with Gasteiger partial charge in [-0.1, -0.05) is 37.3 Å². The number of hydrogen-bond donors (Lipinski definition) is 1. The average molecular weight is 232 g/mol. The Morgan fingerprint density at radius 1 is 1.06 bits per heavy atom. The Kier molecular flexibility index (Phi) is 8.75. The summed E-state index contributed by atoms with van der Waals surface area (Å²) in [4.78, 5) is 4.46. The molecule has 0 unspecified atom stereocenters. The number of nitrogens with zero attached hydrogens (tertiary/aromatic N) is 1. The van der Waals surface area contributed by atoms with Crippen LogP contribution >= 0.6 is 0 Å². The van der Waals surface area contributed by atoms with Crippen LogP contribution in [0.1, 0.15) is 40.5 Å². The summed E-state index contributed by atoms with van der Waals surface area (Å²) in [7, 11) is 0. The van der Waals surface area contributed by atoms with E-state index in [0.717, 1.165) is 18.5 Å². The summed E-state index contributed by atoms with van der Waals surface area (Å²) in [6, 6.07) is 0. The molecule has 94 valence electrons. The number of hydrogen-bond acceptors (Lipinski definition) is 1. The summed E-state index contributed by atoms with van der Waals surface area (Å²) < 4.78 is 0. The molecule has 0 rings (SSSR count). The highest BCUT2D eigenvalue weighted by Gasteiger charge is 1.99. The second kappa shape index (κ2) is 9.64. The standard InChI is InChI=1S/C15H24N2/c1-5-9-12-13(10-6-2)14(11-7-3)17-15(16)8-4/h5-7,9-11H,8,12H2,1-4H3,(H2,16,17)/b9-5?,10-6-,11-7-,14-13-. The van der Waals surface area contributed by atoms with Crippen LogP contribution in [0.2, 0.25) is 0 Å². The third-order valence-corrected chi connectivity index (χ3v) is 2.22. The van der Waals surface area contributed by atoms with Gasteiger partial charge in [0, 0.05) is 6.42 Å². The molecule has 0 bridgehead atoms. The molecule has 0 spiro atoms. The molecule has 0 amide bonds. The van der Waals surface area contributed by atoms with Gasteiger partial charge in [-0.15, -0.1) is 0 Å². The molecule has 2 nitrogen and oxygen atoms in total. The quantitative estimate of drug-likeness (QED) is 0.318. The minimum absolute atomic E-state index is 0.667. The van der Waals surface area contributed by atoms with Gasteiger partial charge in [0.05, 0.1) is 11.5 Å². The van der Waals surface area contributed by atoms with Gasteiger partial charge in [-0.25, -0.2) is 4.99 Å². The largest absolute Gasteiger partial charge is 0.387 e. The molecule has 2 heteroatoms. The molecule has 0 aliphatic carbocycles. The van der Waals surface area contributed by atoms with E-state index in [-0.39, 0.29) is 0 Å². The summed E-state index contributed by atoms with van der Waals surface area (Å²) in [6.07, 6.45) is 13.9. The summed E-state index contributed by atoms with van der Waals surface area (Å²) >= 11 is 0. The maximum Gasteiger partial charge on any atom is 0.0993 e. The van der Waals surface area contributed by atoms with E-state index in [1.807, 2.05) is 52.0 Å². The molecule has 0 aliphatic rings. The van der Waals surface area contributed by atoms with Crippen molar-refractivity contribution in [3.8, 4) is 0 Å². The van der Waals surface area contributed by atoms with Crippen LogP contribution in [0, 0.1) is 0 Å². The van der Waals surface area contributed by atoms with Crippen LogP contribution < -0.4 is 5.73 Å². The van der Waals surface area contributed by atoms with Gasteiger partial charge >= 0.3 is 0 Å². The summed E-state index contributed by atoms with van der Waals surface area (Å²) in [5.74, 6) is 0.667. The van der Waals surface area contributed by atoms with Crippen molar-refractivity contribution < 1.29 is 0 Å². The van der Waals surface area contributed by atoms with Crippen molar-refractivity contribution in [3.63, 3.8) is 0 Å². The SMILES string of the molecule is CC=CCC(/C=C\C)=C(/C=C\C)\N=C(\N)CC. The smallest absolute Gasteiger partial charge is 0.0993 e. The number of allylic oxidation sites excluding steroid dienone is 7. The minimum Gasteiger partial charge on any atom is -0.387 e. The lowest BCUT2D eigenvalue weighted by Crippen LogP contribution is -2.09. The monoisotopic (exact) mass is 232 g/mol. The third kappa shape index (κ3) is 6.56. The van der Waals surface area contributed by atoms with Gasteiger partial charge in [0.25, 0.3) is 0 Å². The van der Waals surface area contributed by atoms with Gasteiger partial charge in [-0.05, 0) is 38.8 Å². The van der Waals surface area contributed by atoms with E-state index in [2.05, 4.69) is 17.1 Å². The number of rotatable bonds is 6. The molecule has 0 aromatic rings. The molecule has 0 atom stereocenters. The van der Waals surface area contributed by atoms with Gasteiger partial charge in [-0.2, -0.15) is 0 Å². The molecule has 0 saturated carbocycles. The Labute approximate surface area is 105 Å². The Morgan fingerprint density at radius 3 is 2.18 bits per heavy atom. The van der Waals surface area contributed by atoms with E-state index >= 15 is 0 Å². The highest BCUT2D eigenvalue weighted by molar-refractivity contribution is 5.81. The molecule has 0 aliphatic heterocycles. The summed E-state index contributed by atoms with van der Waals surface area (Å²) in [6.45, 7) is 8.02. The van der Waals surface area contributed by atoms with Gasteiger partial charge in [0.2, 0.25) is 0 Å². The Morgan fingerprint density at radius 2 is 1.71 bits per heavy atom. The highest BCUT2D eigenvalue weighted by Crippen LogP contribution is 2.15. The third-order valence-electron chi connectivity index (χ3n) is 2.22. The van der Waals surface area contributed by atoms with Gasteiger partial charge < -0.3 is 5.73 Å². The molecular formula is C15H24N2.